The van der Waals surface area contributed by atoms with Crippen LogP contribution >= 0.6 is 11.3 Å². The molecule has 1 heterocycles. The van der Waals surface area contributed by atoms with Crippen LogP contribution in [0.5, 0.6) is 0 Å². The van der Waals surface area contributed by atoms with Crippen molar-refractivity contribution in [1.29, 1.82) is 0 Å². The van der Waals surface area contributed by atoms with Gasteiger partial charge in [0.25, 0.3) is 0 Å². The maximum absolute atomic E-state index is 12.9. The summed E-state index contributed by atoms with van der Waals surface area (Å²) in [6.07, 6.45) is 1.07. The molecule has 1 N–H and O–H groups in total. The van der Waals surface area contributed by atoms with Crippen molar-refractivity contribution < 1.29 is 4.39 Å². The van der Waals surface area contributed by atoms with Crippen LogP contribution in [-0.4, -0.2) is 10.5 Å². The average Bonchev–Trinajstić information content (AvgIpc) is 2.86. The fraction of sp³-hybridized carbons (Fsp3) is 0.400. The molecule has 0 aliphatic rings. The van der Waals surface area contributed by atoms with Crippen molar-refractivity contribution in [2.24, 2.45) is 0 Å². The number of nitrogens with one attached hydrogen (secondary N) is 1. The minimum absolute atomic E-state index is 0.125. The van der Waals surface area contributed by atoms with E-state index in [4.69, 9.17) is 0 Å². The van der Waals surface area contributed by atoms with Gasteiger partial charge in [0.1, 0.15) is 10.8 Å². The van der Waals surface area contributed by atoms with Gasteiger partial charge in [-0.05, 0) is 44.5 Å². The minimum atomic E-state index is -0.216. The molecule has 0 spiro atoms. The first-order chi connectivity index (χ1) is 9.00. The second kappa shape index (κ2) is 5.80. The van der Waals surface area contributed by atoms with E-state index < -0.39 is 0 Å². The molecule has 0 amide bonds. The Morgan fingerprint density at radius 3 is 2.58 bits per heavy atom. The van der Waals surface area contributed by atoms with Crippen molar-refractivity contribution in [3.63, 3.8) is 0 Å². The maximum atomic E-state index is 12.9. The van der Waals surface area contributed by atoms with Gasteiger partial charge in [-0.1, -0.05) is 6.92 Å². The highest BCUT2D eigenvalue weighted by Crippen LogP contribution is 2.24. The van der Waals surface area contributed by atoms with Gasteiger partial charge >= 0.3 is 0 Å². The van der Waals surface area contributed by atoms with Gasteiger partial charge in [-0.15, -0.1) is 11.3 Å². The lowest BCUT2D eigenvalue weighted by atomic mass is 10.0. The second-order valence-corrected chi connectivity index (χ2v) is 6.10. The van der Waals surface area contributed by atoms with Crippen LogP contribution in [0, 0.1) is 5.82 Å². The normalized spacial score (nSPS) is 11.8. The zero-order valence-corrected chi connectivity index (χ0v) is 12.4. The maximum Gasteiger partial charge on any atom is 0.123 e. The number of nitrogens with zero attached hydrogens (tertiary/aromatic N) is 1. The monoisotopic (exact) mass is 278 g/mol. The van der Waals surface area contributed by atoms with Gasteiger partial charge in [-0.25, -0.2) is 9.37 Å². The predicted molar refractivity (Wildman–Crippen MR) is 78.7 cm³/mol. The summed E-state index contributed by atoms with van der Waals surface area (Å²) >= 11 is 1.59. The number of benzene rings is 1. The second-order valence-electron chi connectivity index (χ2n) is 5.24. The zero-order chi connectivity index (χ0) is 13.9. The number of halogens is 1. The molecule has 19 heavy (non-hydrogen) atoms. The summed E-state index contributed by atoms with van der Waals surface area (Å²) in [5.41, 5.74) is 2.12. The summed E-state index contributed by atoms with van der Waals surface area (Å²) in [4.78, 5) is 4.58. The lowest BCUT2D eigenvalue weighted by molar-refractivity contribution is 0.373. The van der Waals surface area contributed by atoms with E-state index in [1.54, 1.807) is 23.5 Å². The quantitative estimate of drug-likeness (QED) is 0.885. The molecular formula is C15H19FN2S. The zero-order valence-electron chi connectivity index (χ0n) is 11.5. The van der Waals surface area contributed by atoms with Gasteiger partial charge in [0.05, 0.1) is 5.69 Å². The summed E-state index contributed by atoms with van der Waals surface area (Å²) in [5.74, 6) is -0.216. The molecule has 2 nitrogen and oxygen atoms in total. The molecule has 2 aromatic rings. The first-order valence-electron chi connectivity index (χ1n) is 6.45. The third kappa shape index (κ3) is 3.85. The van der Waals surface area contributed by atoms with E-state index >= 15 is 0 Å². The Labute approximate surface area is 117 Å². The Morgan fingerprint density at radius 1 is 1.26 bits per heavy atom. The smallest absolute Gasteiger partial charge is 0.123 e. The van der Waals surface area contributed by atoms with Crippen LogP contribution in [0.1, 0.15) is 32.9 Å². The number of aromatic nitrogens is 1. The molecular weight excluding hydrogens is 259 g/mol. The number of hydrogen-bond donors (Lipinski definition) is 1. The molecule has 0 atom stereocenters. The van der Waals surface area contributed by atoms with E-state index in [0.717, 1.165) is 29.2 Å². The number of thiazole rings is 1. The Hall–Kier alpha value is -1.26. The molecule has 0 unspecified atom stereocenters. The van der Waals surface area contributed by atoms with Crippen LogP contribution in [0.15, 0.2) is 29.6 Å². The van der Waals surface area contributed by atoms with Crippen LogP contribution in [0.4, 0.5) is 4.39 Å². The van der Waals surface area contributed by atoms with E-state index in [0.29, 0.717) is 0 Å². The molecule has 102 valence electrons. The van der Waals surface area contributed by atoms with Gasteiger partial charge < -0.3 is 5.32 Å². The van der Waals surface area contributed by atoms with E-state index in [1.807, 2.05) is 0 Å². The molecule has 0 aliphatic carbocycles. The van der Waals surface area contributed by atoms with Crippen molar-refractivity contribution in [2.45, 2.75) is 39.3 Å². The SMILES string of the molecule is CCC(C)(C)NCc1csc(-c2ccc(F)cc2)n1. The largest absolute Gasteiger partial charge is 0.306 e. The van der Waals surface area contributed by atoms with E-state index in [9.17, 15) is 4.39 Å². The topological polar surface area (TPSA) is 24.9 Å². The highest BCUT2D eigenvalue weighted by molar-refractivity contribution is 7.13. The number of rotatable bonds is 5. The molecule has 0 bridgehead atoms. The summed E-state index contributed by atoms with van der Waals surface area (Å²) in [6.45, 7) is 7.29. The van der Waals surface area contributed by atoms with Crippen molar-refractivity contribution in [1.82, 2.24) is 10.3 Å². The van der Waals surface area contributed by atoms with Crippen LogP contribution in [0.3, 0.4) is 0 Å². The number of hydrogen-bond acceptors (Lipinski definition) is 3. The summed E-state index contributed by atoms with van der Waals surface area (Å²) < 4.78 is 12.9. The molecule has 0 saturated carbocycles. The third-order valence-corrected chi connectivity index (χ3v) is 4.22. The molecule has 0 radical (unpaired) electrons. The minimum Gasteiger partial charge on any atom is -0.306 e. The van der Waals surface area contributed by atoms with E-state index in [2.05, 4.69) is 36.5 Å². The molecule has 1 aromatic carbocycles. The molecule has 0 aliphatic heterocycles. The van der Waals surface area contributed by atoms with Crippen molar-refractivity contribution >= 4 is 11.3 Å². The summed E-state index contributed by atoms with van der Waals surface area (Å²) in [5, 5.41) is 6.47. The van der Waals surface area contributed by atoms with Gasteiger partial charge in [-0.2, -0.15) is 0 Å². The van der Waals surface area contributed by atoms with Gasteiger partial charge in [0.15, 0.2) is 0 Å². The van der Waals surface area contributed by atoms with Gasteiger partial charge in [0, 0.05) is 23.0 Å². The third-order valence-electron chi connectivity index (χ3n) is 3.27. The van der Waals surface area contributed by atoms with E-state index in [1.165, 1.54) is 12.1 Å². The lowest BCUT2D eigenvalue weighted by Gasteiger charge is -2.23. The first kappa shape index (κ1) is 14.2. The van der Waals surface area contributed by atoms with Gasteiger partial charge in [-0.3, -0.25) is 0 Å². The fourth-order valence-electron chi connectivity index (χ4n) is 1.57. The van der Waals surface area contributed by atoms with Crippen LogP contribution < -0.4 is 5.32 Å². The van der Waals surface area contributed by atoms with Crippen molar-refractivity contribution in [3.05, 3.63) is 41.2 Å². The van der Waals surface area contributed by atoms with Gasteiger partial charge in [0.2, 0.25) is 0 Å². The molecule has 2 rings (SSSR count). The van der Waals surface area contributed by atoms with Crippen molar-refractivity contribution in [3.8, 4) is 10.6 Å². The average molecular weight is 278 g/mol. The Balaban J connectivity index is 2.05. The molecule has 4 heteroatoms. The molecule has 0 fully saturated rings. The fourth-order valence-corrected chi connectivity index (χ4v) is 2.39. The van der Waals surface area contributed by atoms with E-state index in [-0.39, 0.29) is 11.4 Å². The highest BCUT2D eigenvalue weighted by Gasteiger charge is 2.14. The Morgan fingerprint density at radius 2 is 1.95 bits per heavy atom. The highest BCUT2D eigenvalue weighted by atomic mass is 32.1. The predicted octanol–water partition coefficient (Wildman–Crippen LogP) is 4.23. The Kier molecular flexibility index (Phi) is 4.32. The first-order valence-corrected chi connectivity index (χ1v) is 7.33. The Bertz CT molecular complexity index is 531. The molecule has 1 aromatic heterocycles. The lowest BCUT2D eigenvalue weighted by Crippen LogP contribution is -2.37. The summed E-state index contributed by atoms with van der Waals surface area (Å²) in [6, 6.07) is 6.46. The summed E-state index contributed by atoms with van der Waals surface area (Å²) in [7, 11) is 0. The van der Waals surface area contributed by atoms with Crippen LogP contribution in [-0.2, 0) is 6.54 Å². The standard InChI is InChI=1S/C15H19FN2S/c1-4-15(2,3)17-9-13-10-19-14(18-13)11-5-7-12(16)8-6-11/h5-8,10,17H,4,9H2,1-3H3. The van der Waals surface area contributed by atoms with Crippen LogP contribution in [0.25, 0.3) is 10.6 Å². The van der Waals surface area contributed by atoms with Crippen LogP contribution in [0.2, 0.25) is 0 Å². The van der Waals surface area contributed by atoms with Crippen molar-refractivity contribution in [2.75, 3.05) is 0 Å². The molecule has 0 saturated heterocycles.